The highest BCUT2D eigenvalue weighted by molar-refractivity contribution is 9.10. The Labute approximate surface area is 113 Å². The van der Waals surface area contributed by atoms with Crippen LogP contribution in [0.25, 0.3) is 0 Å². The Kier molecular flexibility index (Phi) is 5.99. The maximum absolute atomic E-state index is 4.05. The summed E-state index contributed by atoms with van der Waals surface area (Å²) in [4.78, 5) is 3.81. The second-order valence-electron chi connectivity index (χ2n) is 6.98. The minimum absolute atomic E-state index is 0.458. The van der Waals surface area contributed by atoms with Crippen LogP contribution in [-0.2, 0) is 0 Å². The van der Waals surface area contributed by atoms with Crippen LogP contribution in [0.15, 0.2) is 0 Å². The van der Waals surface area contributed by atoms with Crippen molar-refractivity contribution in [2.45, 2.75) is 69.4 Å². The molecule has 1 unspecified atom stereocenters. The van der Waals surface area contributed by atoms with E-state index in [-0.39, 0.29) is 0 Å². The molecule has 0 aromatic heterocycles. The van der Waals surface area contributed by atoms with E-state index in [1.807, 2.05) is 0 Å². The first-order valence-corrected chi connectivity index (χ1v) is 13.4. The quantitative estimate of drug-likeness (QED) is 0.578. The van der Waals surface area contributed by atoms with Crippen LogP contribution in [0.5, 0.6) is 0 Å². The first-order valence-electron chi connectivity index (χ1n) is 6.36. The van der Waals surface area contributed by atoms with Crippen molar-refractivity contribution in [1.82, 2.24) is 4.98 Å². The predicted molar refractivity (Wildman–Crippen MR) is 85.7 cm³/mol. The van der Waals surface area contributed by atoms with E-state index in [2.05, 4.69) is 74.8 Å². The van der Waals surface area contributed by atoms with Gasteiger partial charge >= 0.3 is 0 Å². The Hall–Kier alpha value is 0.874. The minimum atomic E-state index is -1.34. The second kappa shape index (κ2) is 5.68. The van der Waals surface area contributed by atoms with E-state index in [1.54, 1.807) is 0 Å². The molecule has 0 spiro atoms. The largest absolute Gasteiger partial charge is 0.337 e. The monoisotopic (exact) mass is 323 g/mol. The molecule has 0 radical (unpaired) electrons. The fraction of sp³-hybridized carbons (Fsp3) is 1.00. The molecule has 1 atom stereocenters. The summed E-state index contributed by atoms with van der Waals surface area (Å²) < 4.78 is 0.721. The Bertz CT molecular complexity index is 222. The zero-order valence-corrected chi connectivity index (χ0v) is 16.0. The van der Waals surface area contributed by atoms with Gasteiger partial charge in [0.05, 0.1) is 8.07 Å². The van der Waals surface area contributed by atoms with Crippen LogP contribution >= 0.6 is 15.9 Å². The Morgan fingerprint density at radius 1 is 1.12 bits per heavy atom. The Morgan fingerprint density at radius 3 is 1.88 bits per heavy atom. The van der Waals surface area contributed by atoms with Gasteiger partial charge in [-0.3, -0.25) is 0 Å². The average Bonchev–Trinajstić information content (AvgIpc) is 2.11. The molecule has 0 aromatic rings. The normalized spacial score (nSPS) is 16.3. The van der Waals surface area contributed by atoms with Crippen molar-refractivity contribution in [2.24, 2.45) is 0 Å². The zero-order chi connectivity index (χ0) is 13.2. The van der Waals surface area contributed by atoms with Crippen LogP contribution in [-0.4, -0.2) is 26.9 Å². The SMILES string of the molecule is CCCN[Si](C)(C)C(Br)[Si](C)(C)C(C)(C)C. The third-order valence-corrected chi connectivity index (χ3v) is 22.8. The van der Waals surface area contributed by atoms with Crippen LogP contribution in [0.1, 0.15) is 34.1 Å². The van der Waals surface area contributed by atoms with Crippen molar-refractivity contribution in [3.63, 3.8) is 0 Å². The highest BCUT2D eigenvalue weighted by atomic mass is 79.9. The molecule has 16 heavy (non-hydrogen) atoms. The fourth-order valence-electron chi connectivity index (χ4n) is 1.82. The molecule has 0 heterocycles. The second-order valence-corrected chi connectivity index (χ2v) is 20.1. The predicted octanol–water partition coefficient (Wildman–Crippen LogP) is 4.54. The van der Waals surface area contributed by atoms with Crippen LogP contribution in [0, 0.1) is 0 Å². The topological polar surface area (TPSA) is 12.0 Å². The molecule has 0 amide bonds. The first kappa shape index (κ1) is 16.9. The molecular weight excluding hydrogens is 294 g/mol. The molecule has 0 aliphatic rings. The van der Waals surface area contributed by atoms with Gasteiger partial charge in [0, 0.05) is 4.07 Å². The van der Waals surface area contributed by atoms with E-state index in [0.717, 1.165) is 10.6 Å². The summed E-state index contributed by atoms with van der Waals surface area (Å²) >= 11 is 4.05. The van der Waals surface area contributed by atoms with Gasteiger partial charge in [-0.05, 0) is 18.0 Å². The smallest absolute Gasteiger partial charge is 0.130 e. The molecule has 0 aromatic carbocycles. The van der Waals surface area contributed by atoms with Gasteiger partial charge in [0.25, 0.3) is 0 Å². The number of nitrogens with one attached hydrogen (secondary N) is 1. The van der Waals surface area contributed by atoms with Crippen LogP contribution < -0.4 is 4.98 Å². The maximum Gasteiger partial charge on any atom is 0.130 e. The lowest BCUT2D eigenvalue weighted by Crippen LogP contribution is -2.64. The van der Waals surface area contributed by atoms with Gasteiger partial charge in [-0.15, -0.1) is 0 Å². The van der Waals surface area contributed by atoms with Crippen molar-refractivity contribution in [2.75, 3.05) is 6.54 Å². The Balaban J connectivity index is 4.83. The summed E-state index contributed by atoms with van der Waals surface area (Å²) in [6.45, 7) is 20.6. The third kappa shape index (κ3) is 3.96. The van der Waals surface area contributed by atoms with Gasteiger partial charge in [0.15, 0.2) is 0 Å². The number of alkyl halides is 1. The molecule has 0 aliphatic carbocycles. The summed E-state index contributed by atoms with van der Waals surface area (Å²) in [5.41, 5.74) is 0. The number of halogens is 1. The lowest BCUT2D eigenvalue weighted by Gasteiger charge is -2.46. The molecule has 1 nitrogen and oxygen atoms in total. The van der Waals surface area contributed by atoms with E-state index >= 15 is 0 Å². The Morgan fingerprint density at radius 2 is 1.56 bits per heavy atom. The lowest BCUT2D eigenvalue weighted by molar-refractivity contribution is 0.717. The lowest BCUT2D eigenvalue weighted by atomic mass is 10.2. The zero-order valence-electron chi connectivity index (χ0n) is 12.4. The van der Waals surface area contributed by atoms with E-state index in [4.69, 9.17) is 0 Å². The molecule has 0 bridgehead atoms. The average molecular weight is 324 g/mol. The van der Waals surface area contributed by atoms with Crippen molar-refractivity contribution >= 4 is 32.2 Å². The summed E-state index contributed by atoms with van der Waals surface area (Å²) in [6, 6.07) is 0. The van der Waals surface area contributed by atoms with Crippen LogP contribution in [0.2, 0.25) is 31.2 Å². The van der Waals surface area contributed by atoms with Crippen molar-refractivity contribution < 1.29 is 0 Å². The molecule has 1 N–H and O–H groups in total. The highest BCUT2D eigenvalue weighted by Crippen LogP contribution is 2.42. The van der Waals surface area contributed by atoms with Crippen molar-refractivity contribution in [3.05, 3.63) is 0 Å². The highest BCUT2D eigenvalue weighted by Gasteiger charge is 2.48. The summed E-state index contributed by atoms with van der Waals surface area (Å²) in [7, 11) is -2.62. The number of rotatable bonds is 5. The minimum Gasteiger partial charge on any atom is -0.337 e. The maximum atomic E-state index is 4.05. The summed E-state index contributed by atoms with van der Waals surface area (Å²) in [5.74, 6) is 0. The molecule has 0 rings (SSSR count). The van der Waals surface area contributed by atoms with Gasteiger partial charge in [-0.2, -0.15) is 0 Å². The van der Waals surface area contributed by atoms with E-state index < -0.39 is 16.3 Å². The van der Waals surface area contributed by atoms with Crippen LogP contribution in [0.4, 0.5) is 0 Å². The molecular formula is C12H30BrNSi2. The molecule has 4 heteroatoms. The van der Waals surface area contributed by atoms with E-state index in [1.165, 1.54) is 6.42 Å². The van der Waals surface area contributed by atoms with E-state index in [0.29, 0.717) is 5.04 Å². The van der Waals surface area contributed by atoms with Gasteiger partial charge in [-0.25, -0.2) is 0 Å². The van der Waals surface area contributed by atoms with Crippen molar-refractivity contribution in [3.8, 4) is 0 Å². The van der Waals surface area contributed by atoms with Gasteiger partial charge in [0.2, 0.25) is 0 Å². The standard InChI is InChI=1S/C12H30BrNSi2/c1-9-10-14-16(7,8)11(13)15(5,6)12(2,3)4/h11,14H,9-10H2,1-8H3. The van der Waals surface area contributed by atoms with Gasteiger partial charge < -0.3 is 4.98 Å². The molecule has 0 saturated carbocycles. The van der Waals surface area contributed by atoms with Crippen LogP contribution in [0.3, 0.4) is 0 Å². The fourth-order valence-corrected chi connectivity index (χ4v) is 15.0. The molecule has 0 aliphatic heterocycles. The summed E-state index contributed by atoms with van der Waals surface area (Å²) in [6.07, 6.45) is 1.23. The first-order chi connectivity index (χ1) is 6.97. The summed E-state index contributed by atoms with van der Waals surface area (Å²) in [5, 5.41) is 0.458. The van der Waals surface area contributed by atoms with Gasteiger partial charge in [0.1, 0.15) is 8.24 Å². The molecule has 0 saturated heterocycles. The molecule has 0 fully saturated rings. The third-order valence-electron chi connectivity index (χ3n) is 4.03. The number of hydrogen-bond acceptors (Lipinski definition) is 1. The van der Waals surface area contributed by atoms with Gasteiger partial charge in [-0.1, -0.05) is 69.8 Å². The van der Waals surface area contributed by atoms with Crippen molar-refractivity contribution in [1.29, 1.82) is 0 Å². The number of hydrogen-bond donors (Lipinski definition) is 1. The van der Waals surface area contributed by atoms with E-state index in [9.17, 15) is 0 Å². The molecule has 98 valence electrons.